The number of rotatable bonds is 10. The third-order valence-corrected chi connectivity index (χ3v) is 17.3. The van der Waals surface area contributed by atoms with Crippen LogP contribution in [-0.4, -0.2) is 39.9 Å². The van der Waals surface area contributed by atoms with Gasteiger partial charge in [-0.25, -0.2) is 39.9 Å². The van der Waals surface area contributed by atoms with Crippen molar-refractivity contribution in [2.75, 3.05) is 0 Å². The second-order valence-electron chi connectivity index (χ2n) is 22.5. The largest absolute Gasteiger partial charge is 0.228 e. The van der Waals surface area contributed by atoms with Gasteiger partial charge in [0.05, 0.1) is 45.2 Å². The predicted octanol–water partition coefficient (Wildman–Crippen LogP) is 18.8. The van der Waals surface area contributed by atoms with Gasteiger partial charge in [-0.1, -0.05) is 255 Å². The number of nitrogens with zero attached hydrogens (tertiary/aromatic N) is 8. The Morgan fingerprint density at radius 1 is 0.193 bits per heavy atom. The molecule has 88 heavy (non-hydrogen) atoms. The third kappa shape index (κ3) is 8.76. The van der Waals surface area contributed by atoms with Crippen LogP contribution in [0.5, 0.6) is 0 Å². The van der Waals surface area contributed by atoms with E-state index in [2.05, 4.69) is 206 Å². The molecule has 8 nitrogen and oxygen atoms in total. The first-order valence-electron chi connectivity index (χ1n) is 29.7. The minimum atomic E-state index is -0.0168. The van der Waals surface area contributed by atoms with Crippen LogP contribution >= 0.6 is 0 Å². The maximum atomic E-state index is 5.41. The van der Waals surface area contributed by atoms with E-state index in [1.165, 1.54) is 33.4 Å². The van der Waals surface area contributed by atoms with E-state index < -0.39 is 0 Å². The van der Waals surface area contributed by atoms with Crippen LogP contribution in [0.15, 0.2) is 291 Å². The molecule has 0 fully saturated rings. The van der Waals surface area contributed by atoms with Gasteiger partial charge < -0.3 is 0 Å². The summed E-state index contributed by atoms with van der Waals surface area (Å²) in [6.45, 7) is 0. The number of para-hydroxylation sites is 2. The summed E-state index contributed by atoms with van der Waals surface area (Å²) in [7, 11) is 0. The Balaban J connectivity index is 0.790. The van der Waals surface area contributed by atoms with Crippen molar-refractivity contribution in [3.8, 4) is 113 Å². The van der Waals surface area contributed by atoms with E-state index in [0.717, 1.165) is 112 Å². The van der Waals surface area contributed by atoms with Gasteiger partial charge in [0.1, 0.15) is 0 Å². The van der Waals surface area contributed by atoms with E-state index in [0.29, 0.717) is 23.3 Å². The molecule has 2 atom stereocenters. The summed E-state index contributed by atoms with van der Waals surface area (Å²) >= 11 is 0. The smallest absolute Gasteiger partial charge is 0.160 e. The molecule has 0 N–H and O–H groups in total. The maximum absolute atomic E-state index is 5.41. The number of aromatic nitrogens is 8. The van der Waals surface area contributed by atoms with Crippen molar-refractivity contribution in [1.82, 2.24) is 39.9 Å². The van der Waals surface area contributed by atoms with Crippen molar-refractivity contribution < 1.29 is 0 Å². The van der Waals surface area contributed by atoms with Crippen LogP contribution in [0, 0.1) is 0 Å². The summed E-state index contributed by atoms with van der Waals surface area (Å²) in [6.07, 6.45) is 0. The van der Waals surface area contributed by atoms with Crippen LogP contribution < -0.4 is 0 Å². The van der Waals surface area contributed by atoms with E-state index in [1.807, 2.05) is 84.9 Å². The van der Waals surface area contributed by atoms with Crippen LogP contribution in [-0.2, 0) is 0 Å². The van der Waals surface area contributed by atoms with E-state index in [-0.39, 0.29) is 11.8 Å². The third-order valence-electron chi connectivity index (χ3n) is 17.3. The average molecular weight is 1120 g/mol. The molecule has 15 aromatic rings. The molecule has 0 amide bonds. The Kier molecular flexibility index (Phi) is 12.2. The van der Waals surface area contributed by atoms with E-state index in [4.69, 9.17) is 39.9 Å². The number of fused-ring (bicyclic) bond motifs is 2. The van der Waals surface area contributed by atoms with Gasteiger partial charge >= 0.3 is 0 Å². The molecule has 8 heteroatoms. The highest BCUT2D eigenvalue weighted by Gasteiger charge is 2.41. The van der Waals surface area contributed by atoms with E-state index in [1.54, 1.807) is 0 Å². The lowest BCUT2D eigenvalue weighted by Crippen LogP contribution is -2.27. The molecule has 4 aromatic heterocycles. The zero-order valence-electron chi connectivity index (χ0n) is 47.4. The van der Waals surface area contributed by atoms with Gasteiger partial charge in [-0.2, -0.15) is 0 Å². The lowest BCUT2D eigenvalue weighted by Gasteiger charge is -2.42. The van der Waals surface area contributed by atoms with Gasteiger partial charge in [-0.15, -0.1) is 0 Å². The molecule has 4 heterocycles. The Labute approximate surface area is 508 Å². The normalized spacial score (nSPS) is 13.7. The molecule has 0 spiro atoms. The quantitative estimate of drug-likeness (QED) is 0.133. The fourth-order valence-corrected chi connectivity index (χ4v) is 13.3. The van der Waals surface area contributed by atoms with Crippen LogP contribution in [0.1, 0.15) is 45.2 Å². The zero-order chi connectivity index (χ0) is 58.1. The fourth-order valence-electron chi connectivity index (χ4n) is 13.3. The molecule has 2 bridgehead atoms. The van der Waals surface area contributed by atoms with Crippen LogP contribution in [0.3, 0.4) is 0 Å². The van der Waals surface area contributed by atoms with Crippen molar-refractivity contribution >= 4 is 21.8 Å². The summed E-state index contributed by atoms with van der Waals surface area (Å²) in [5.41, 5.74) is 24.2. The first-order chi connectivity index (χ1) is 43.6. The summed E-state index contributed by atoms with van der Waals surface area (Å²) in [4.78, 5) is 42.3. The molecule has 2 unspecified atom stereocenters. The topological polar surface area (TPSA) is 103 Å². The Bertz CT molecular complexity index is 4900. The first-order valence-corrected chi connectivity index (χ1v) is 29.7. The number of benzene rings is 11. The van der Waals surface area contributed by atoms with Gasteiger partial charge in [0.15, 0.2) is 23.3 Å². The maximum Gasteiger partial charge on any atom is 0.160 e. The Morgan fingerprint density at radius 3 is 0.898 bits per heavy atom. The number of hydrogen-bond acceptors (Lipinski definition) is 8. The van der Waals surface area contributed by atoms with Gasteiger partial charge in [-0.3, -0.25) is 0 Å². The monoisotopic (exact) mass is 1120 g/mol. The molecule has 0 saturated carbocycles. The summed E-state index contributed by atoms with van der Waals surface area (Å²) in [5, 5.41) is 1.94. The average Bonchev–Trinajstić information content (AvgIpc) is 0.773. The van der Waals surface area contributed by atoms with E-state index >= 15 is 0 Å². The molecular formula is C80H50N8. The van der Waals surface area contributed by atoms with Crippen molar-refractivity contribution in [3.63, 3.8) is 0 Å². The molecule has 0 saturated heterocycles. The molecule has 410 valence electrons. The highest BCUT2D eigenvalue weighted by atomic mass is 14.9. The van der Waals surface area contributed by atoms with Crippen molar-refractivity contribution in [2.45, 2.75) is 11.8 Å². The number of hydrogen-bond donors (Lipinski definition) is 0. The Hall–Kier alpha value is -11.7. The molecule has 0 aliphatic heterocycles. The molecule has 3 aliphatic carbocycles. The molecule has 11 aromatic carbocycles. The fraction of sp³-hybridized carbons (Fsp3) is 0.0250. The minimum absolute atomic E-state index is 0.0168. The highest BCUT2D eigenvalue weighted by Crippen LogP contribution is 2.57. The minimum Gasteiger partial charge on any atom is -0.228 e. The van der Waals surface area contributed by atoms with E-state index in [9.17, 15) is 0 Å². The first kappa shape index (κ1) is 50.7. The summed E-state index contributed by atoms with van der Waals surface area (Å²) in [6, 6.07) is 102. The zero-order valence-corrected chi connectivity index (χ0v) is 47.4. The summed E-state index contributed by atoms with van der Waals surface area (Å²) in [5.74, 6) is 2.60. The SMILES string of the molecule is c1ccc(-c2nc(-c3ccc4c(c3)C3c5ccccc5C4c4cc(-c5cc(-c6ccccc6-c6nc(-c7ccccc7)nc7ccccc67)nc(-c6ccccc6)n5)ccc43)cc(-c3ccccc3-c3nc(-c4ccccc4)nc4ccccc34)n2)cc1. The van der Waals surface area contributed by atoms with Crippen LogP contribution in [0.2, 0.25) is 0 Å². The van der Waals surface area contributed by atoms with Gasteiger partial charge in [0, 0.05) is 78.2 Å². The standard InChI is InChI=1S/C80H50N8/c1-5-23-49(24-6-1)77-83-69(47-71(85-77)55-31-13-17-35-61(55)75-63-37-19-21-39-67(63)81-79(87-75)51-27-9-3-10-28-51)53-41-43-59-65(45-53)73-57-33-15-16-34-58(57)74(59)66-46-54(42-44-60(66)73)70-48-72(86-78(84-70)50-25-7-2-8-26-50)56-32-14-18-36-62(56)76-64-38-20-22-40-68(64)82-80(88-76)52-29-11-4-12-30-52/h1-48,73-74H. The predicted molar refractivity (Wildman–Crippen MR) is 353 cm³/mol. The highest BCUT2D eigenvalue weighted by molar-refractivity contribution is 5.99. The second kappa shape index (κ2) is 21.1. The van der Waals surface area contributed by atoms with Crippen molar-refractivity contribution in [1.29, 1.82) is 0 Å². The molecule has 18 rings (SSSR count). The van der Waals surface area contributed by atoms with Crippen molar-refractivity contribution in [3.05, 3.63) is 325 Å². The second-order valence-corrected chi connectivity index (χ2v) is 22.5. The van der Waals surface area contributed by atoms with Crippen LogP contribution in [0.25, 0.3) is 135 Å². The van der Waals surface area contributed by atoms with Crippen molar-refractivity contribution in [2.24, 2.45) is 0 Å². The van der Waals surface area contributed by atoms with Gasteiger partial charge in [0.2, 0.25) is 0 Å². The Morgan fingerprint density at radius 2 is 0.500 bits per heavy atom. The molecule has 3 aliphatic rings. The van der Waals surface area contributed by atoms with Gasteiger partial charge in [-0.05, 0) is 69.8 Å². The molecular weight excluding hydrogens is 1070 g/mol. The lowest BCUT2D eigenvalue weighted by atomic mass is 9.60. The summed E-state index contributed by atoms with van der Waals surface area (Å²) < 4.78 is 0. The molecule has 0 radical (unpaired) electrons. The van der Waals surface area contributed by atoms with Crippen LogP contribution in [0.4, 0.5) is 0 Å². The van der Waals surface area contributed by atoms with Gasteiger partial charge in [0.25, 0.3) is 0 Å². The lowest BCUT2D eigenvalue weighted by molar-refractivity contribution is 0.755.